The summed E-state index contributed by atoms with van der Waals surface area (Å²) < 4.78 is 0. The van der Waals surface area contributed by atoms with Crippen molar-refractivity contribution in [1.82, 2.24) is 0 Å². The molecule has 0 radical (unpaired) electrons. The van der Waals surface area contributed by atoms with Crippen molar-refractivity contribution in [2.75, 3.05) is 17.2 Å². The lowest BCUT2D eigenvalue weighted by molar-refractivity contribution is 0.0978. The molecule has 0 spiro atoms. The minimum Gasteiger partial charge on any atom is -0.507 e. The van der Waals surface area contributed by atoms with E-state index in [1.165, 1.54) is 12.1 Å². The van der Waals surface area contributed by atoms with Gasteiger partial charge in [0.15, 0.2) is 5.78 Å². The number of fused-ring (bicyclic) bond motifs is 2. The minimum absolute atomic E-state index is 0.0424. The van der Waals surface area contributed by atoms with Crippen LogP contribution in [0.15, 0.2) is 12.1 Å². The normalized spacial score (nSPS) is 13.0. The molecule has 0 atom stereocenters. The van der Waals surface area contributed by atoms with Crippen molar-refractivity contribution in [2.45, 2.75) is 0 Å². The van der Waals surface area contributed by atoms with Crippen molar-refractivity contribution in [3.05, 3.63) is 44.4 Å². The lowest BCUT2D eigenvalue weighted by atomic mass is 9.81. The average molecular weight is 338 g/mol. The van der Waals surface area contributed by atoms with Gasteiger partial charge in [0.2, 0.25) is 5.78 Å². The molecule has 6 nitrogen and oxygen atoms in total. The molecule has 0 heterocycles. The molecular weight excluding hydrogens is 329 g/mol. The number of halogens is 2. The van der Waals surface area contributed by atoms with Gasteiger partial charge in [-0.3, -0.25) is 9.59 Å². The Labute approximate surface area is 134 Å². The number of carbonyl (C=O) groups excluding carboxylic acids is 2. The SMILES string of the molecule is Nc1ccc(O)c2c1C(=O)c1c(N)c(Cl)c(Cl)c(N)c1C2=O. The largest absolute Gasteiger partial charge is 0.507 e. The number of hydrogen-bond acceptors (Lipinski definition) is 6. The maximum absolute atomic E-state index is 12.7. The van der Waals surface area contributed by atoms with Crippen LogP contribution in [0.4, 0.5) is 17.1 Å². The van der Waals surface area contributed by atoms with E-state index < -0.39 is 11.6 Å². The zero-order chi connectivity index (χ0) is 16.3. The van der Waals surface area contributed by atoms with Crippen LogP contribution in [0.5, 0.6) is 5.75 Å². The number of aromatic hydroxyl groups is 1. The zero-order valence-corrected chi connectivity index (χ0v) is 12.4. The summed E-state index contributed by atoms with van der Waals surface area (Å²) in [6, 6.07) is 2.54. The molecule has 0 unspecified atom stereocenters. The smallest absolute Gasteiger partial charge is 0.200 e. The maximum Gasteiger partial charge on any atom is 0.200 e. The molecule has 7 N–H and O–H groups in total. The molecule has 0 bridgehead atoms. The van der Waals surface area contributed by atoms with E-state index in [-0.39, 0.29) is 55.1 Å². The molecular formula is C14H9Cl2N3O3. The van der Waals surface area contributed by atoms with Gasteiger partial charge in [-0.15, -0.1) is 0 Å². The van der Waals surface area contributed by atoms with Gasteiger partial charge in [-0.2, -0.15) is 0 Å². The summed E-state index contributed by atoms with van der Waals surface area (Å²) in [6.07, 6.45) is 0. The fourth-order valence-electron chi connectivity index (χ4n) is 2.53. The lowest BCUT2D eigenvalue weighted by Crippen LogP contribution is -2.25. The Kier molecular flexibility index (Phi) is 2.98. The highest BCUT2D eigenvalue weighted by Gasteiger charge is 2.38. The van der Waals surface area contributed by atoms with Crippen LogP contribution in [0, 0.1) is 0 Å². The fourth-order valence-corrected chi connectivity index (χ4v) is 2.92. The Morgan fingerprint density at radius 3 is 1.73 bits per heavy atom. The summed E-state index contributed by atoms with van der Waals surface area (Å²) in [4.78, 5) is 25.3. The fraction of sp³-hybridized carbons (Fsp3) is 0. The van der Waals surface area contributed by atoms with E-state index in [0.717, 1.165) is 0 Å². The molecule has 22 heavy (non-hydrogen) atoms. The number of hydrogen-bond donors (Lipinski definition) is 4. The van der Waals surface area contributed by atoms with Crippen molar-refractivity contribution in [3.63, 3.8) is 0 Å². The Hall–Kier alpha value is -2.44. The first-order valence-electron chi connectivity index (χ1n) is 6.04. The molecule has 0 aliphatic heterocycles. The number of nitrogens with two attached hydrogens (primary N) is 3. The standard InChI is InChI=1S/C14H9Cl2N3O3/c15-9-10(16)12(19)8-7(11(9)18)13(21)5-3(17)1-2-4(20)6(5)14(8)22/h1-2,20H,17-19H2. The van der Waals surface area contributed by atoms with Crippen LogP contribution in [0.2, 0.25) is 10.0 Å². The van der Waals surface area contributed by atoms with Crippen molar-refractivity contribution < 1.29 is 14.7 Å². The van der Waals surface area contributed by atoms with Crippen LogP contribution >= 0.6 is 23.2 Å². The number of benzene rings is 2. The number of phenols is 1. The number of nitrogen functional groups attached to an aromatic ring is 3. The molecule has 1 aliphatic rings. The Bertz CT molecular complexity index is 822. The third kappa shape index (κ3) is 1.62. The van der Waals surface area contributed by atoms with Crippen LogP contribution in [-0.2, 0) is 0 Å². The molecule has 8 heteroatoms. The van der Waals surface area contributed by atoms with Gasteiger partial charge in [0.1, 0.15) is 5.75 Å². The first-order chi connectivity index (χ1) is 10.3. The number of phenolic OH excluding ortho intramolecular Hbond substituents is 1. The summed E-state index contributed by atoms with van der Waals surface area (Å²) in [5.74, 6) is -1.70. The summed E-state index contributed by atoms with van der Waals surface area (Å²) in [5.41, 5.74) is 16.5. The van der Waals surface area contributed by atoms with Gasteiger partial charge < -0.3 is 22.3 Å². The van der Waals surface area contributed by atoms with Gasteiger partial charge in [0, 0.05) is 5.69 Å². The molecule has 0 saturated carbocycles. The highest BCUT2D eigenvalue weighted by atomic mass is 35.5. The Balaban J connectivity index is 2.50. The van der Waals surface area contributed by atoms with Crippen molar-refractivity contribution in [3.8, 4) is 5.75 Å². The second-order valence-corrected chi connectivity index (χ2v) is 5.54. The first kappa shape index (κ1) is 14.5. The second kappa shape index (κ2) is 4.53. The molecule has 2 aromatic rings. The van der Waals surface area contributed by atoms with E-state index in [1.54, 1.807) is 0 Å². The van der Waals surface area contributed by atoms with E-state index in [9.17, 15) is 14.7 Å². The van der Waals surface area contributed by atoms with Gasteiger partial charge in [0.25, 0.3) is 0 Å². The van der Waals surface area contributed by atoms with Crippen molar-refractivity contribution in [1.29, 1.82) is 0 Å². The Morgan fingerprint density at radius 1 is 0.773 bits per heavy atom. The number of rotatable bonds is 0. The third-order valence-corrected chi connectivity index (χ3v) is 4.46. The van der Waals surface area contributed by atoms with Crippen LogP contribution in [-0.4, -0.2) is 16.7 Å². The van der Waals surface area contributed by atoms with E-state index in [0.29, 0.717) is 0 Å². The van der Waals surface area contributed by atoms with Crippen LogP contribution in [0.25, 0.3) is 0 Å². The molecule has 0 aromatic heterocycles. The molecule has 1 aliphatic carbocycles. The minimum atomic E-state index is -0.683. The summed E-state index contributed by atoms with van der Waals surface area (Å²) in [6.45, 7) is 0. The Morgan fingerprint density at radius 2 is 1.23 bits per heavy atom. The number of anilines is 3. The van der Waals surface area contributed by atoms with Gasteiger partial charge in [-0.1, -0.05) is 23.2 Å². The average Bonchev–Trinajstić information content (AvgIpc) is 2.48. The van der Waals surface area contributed by atoms with Crippen molar-refractivity contribution >= 4 is 51.8 Å². The highest BCUT2D eigenvalue weighted by Crippen LogP contribution is 2.45. The second-order valence-electron chi connectivity index (χ2n) is 4.79. The van der Waals surface area contributed by atoms with Gasteiger partial charge >= 0.3 is 0 Å². The summed E-state index contributed by atoms with van der Waals surface area (Å²) in [5, 5.41) is 9.69. The lowest BCUT2D eigenvalue weighted by Gasteiger charge is -2.23. The van der Waals surface area contributed by atoms with Gasteiger partial charge in [0.05, 0.1) is 43.7 Å². The topological polar surface area (TPSA) is 132 Å². The van der Waals surface area contributed by atoms with Gasteiger partial charge in [-0.25, -0.2) is 0 Å². The quantitative estimate of drug-likeness (QED) is 0.367. The van der Waals surface area contributed by atoms with E-state index in [1.807, 2.05) is 0 Å². The maximum atomic E-state index is 12.7. The zero-order valence-electron chi connectivity index (χ0n) is 10.9. The number of carbonyl (C=O) groups is 2. The summed E-state index contributed by atoms with van der Waals surface area (Å²) in [7, 11) is 0. The summed E-state index contributed by atoms with van der Waals surface area (Å²) >= 11 is 11.9. The number of ketones is 2. The first-order valence-corrected chi connectivity index (χ1v) is 6.79. The monoisotopic (exact) mass is 337 g/mol. The predicted octanol–water partition coefficient (Wildman–Crippen LogP) is 2.22. The third-order valence-electron chi connectivity index (χ3n) is 3.58. The van der Waals surface area contributed by atoms with E-state index in [2.05, 4.69) is 0 Å². The molecule has 3 rings (SSSR count). The molecule has 0 amide bonds. The van der Waals surface area contributed by atoms with Gasteiger partial charge in [-0.05, 0) is 12.1 Å². The molecule has 112 valence electrons. The highest BCUT2D eigenvalue weighted by molar-refractivity contribution is 6.48. The predicted molar refractivity (Wildman–Crippen MR) is 84.7 cm³/mol. The van der Waals surface area contributed by atoms with Crippen molar-refractivity contribution in [2.24, 2.45) is 0 Å². The van der Waals surface area contributed by atoms with E-state index in [4.69, 9.17) is 40.4 Å². The molecule has 2 aromatic carbocycles. The van der Waals surface area contributed by atoms with Crippen LogP contribution in [0.1, 0.15) is 31.8 Å². The van der Waals surface area contributed by atoms with E-state index >= 15 is 0 Å². The molecule has 0 saturated heterocycles. The van der Waals surface area contributed by atoms with Crippen LogP contribution in [0.3, 0.4) is 0 Å². The van der Waals surface area contributed by atoms with Crippen LogP contribution < -0.4 is 17.2 Å². The molecule has 0 fully saturated rings.